The van der Waals surface area contributed by atoms with Crippen molar-refractivity contribution in [2.45, 2.75) is 32.7 Å². The molecule has 0 spiro atoms. The number of aromatic hydroxyl groups is 1. The number of aromatic nitrogens is 1. The molecule has 1 amide bonds. The van der Waals surface area contributed by atoms with Gasteiger partial charge >= 0.3 is 5.97 Å². The number of hydrogen-bond acceptors (Lipinski definition) is 4. The van der Waals surface area contributed by atoms with Crippen LogP contribution >= 0.6 is 0 Å². The molecule has 3 N–H and O–H groups in total. The number of amides is 1. The number of nitrogens with one attached hydrogen (secondary N) is 1. The average molecular weight is 448 g/mol. The smallest absolute Gasteiger partial charge is 0.305 e. The zero-order valence-electron chi connectivity index (χ0n) is 17.1. The van der Waals surface area contributed by atoms with E-state index in [1.807, 2.05) is 0 Å². The normalized spacial score (nSPS) is 12.0. The van der Waals surface area contributed by atoms with Gasteiger partial charge < -0.3 is 15.5 Å². The lowest BCUT2D eigenvalue weighted by Gasteiger charge is -2.12. The maximum atomic E-state index is 14.8. The third-order valence-corrected chi connectivity index (χ3v) is 5.01. The molecule has 1 aromatic heterocycles. The lowest BCUT2D eigenvalue weighted by atomic mass is 10.1. The first-order valence-corrected chi connectivity index (χ1v) is 9.53. The maximum Gasteiger partial charge on any atom is 0.305 e. The molecule has 0 aliphatic heterocycles. The van der Waals surface area contributed by atoms with E-state index in [9.17, 15) is 32.7 Å². The zero-order chi connectivity index (χ0) is 23.7. The second-order valence-electron chi connectivity index (χ2n) is 7.37. The number of hydrogen-bond donors (Lipinski definition) is 3. The Balaban J connectivity index is 2.09. The SMILES string of the molecule is Cc1c(CC(=O)NC(C)CC(=O)O)c2c(F)c(O)ccc2n1C(=O)c1ccc(F)c(F)c1. The summed E-state index contributed by atoms with van der Waals surface area (Å²) in [6.45, 7) is 2.93. The number of phenols is 1. The number of carbonyl (C=O) groups is 3. The van der Waals surface area contributed by atoms with Gasteiger partial charge in [-0.2, -0.15) is 0 Å². The minimum absolute atomic E-state index is 0.0221. The highest BCUT2D eigenvalue weighted by Crippen LogP contribution is 2.33. The van der Waals surface area contributed by atoms with Crippen LogP contribution in [0.4, 0.5) is 13.2 Å². The van der Waals surface area contributed by atoms with Crippen LogP contribution in [0.3, 0.4) is 0 Å². The van der Waals surface area contributed by atoms with E-state index < -0.39 is 53.4 Å². The summed E-state index contributed by atoms with van der Waals surface area (Å²) in [7, 11) is 0. The first-order valence-electron chi connectivity index (χ1n) is 9.53. The van der Waals surface area contributed by atoms with Gasteiger partial charge in [0.1, 0.15) is 0 Å². The summed E-state index contributed by atoms with van der Waals surface area (Å²) in [6, 6.07) is 4.17. The number of rotatable bonds is 6. The van der Waals surface area contributed by atoms with Crippen LogP contribution in [0.15, 0.2) is 30.3 Å². The van der Waals surface area contributed by atoms with Crippen LogP contribution < -0.4 is 5.32 Å². The van der Waals surface area contributed by atoms with Crippen molar-refractivity contribution in [1.82, 2.24) is 9.88 Å². The number of phenolic OH excluding ortho intramolecular Hbond substituents is 1. The fraction of sp³-hybridized carbons (Fsp3) is 0.227. The summed E-state index contributed by atoms with van der Waals surface area (Å²) in [5.74, 6) is -6.65. The molecule has 0 aliphatic carbocycles. The van der Waals surface area contributed by atoms with E-state index in [1.165, 1.54) is 19.9 Å². The van der Waals surface area contributed by atoms with Crippen LogP contribution in [0.1, 0.15) is 35.0 Å². The summed E-state index contributed by atoms with van der Waals surface area (Å²) in [5.41, 5.74) is 0.0574. The predicted molar refractivity (Wildman–Crippen MR) is 108 cm³/mol. The van der Waals surface area contributed by atoms with Crippen molar-refractivity contribution in [3.05, 3.63) is 64.6 Å². The molecule has 32 heavy (non-hydrogen) atoms. The van der Waals surface area contributed by atoms with Gasteiger partial charge in [0.05, 0.1) is 18.4 Å². The van der Waals surface area contributed by atoms with Gasteiger partial charge in [0, 0.05) is 22.7 Å². The van der Waals surface area contributed by atoms with Crippen LogP contribution in [0.25, 0.3) is 10.9 Å². The number of carboxylic acids is 1. The molecule has 7 nitrogen and oxygen atoms in total. The fourth-order valence-electron chi connectivity index (χ4n) is 3.56. The summed E-state index contributed by atoms with van der Waals surface area (Å²) in [6.07, 6.45) is -0.735. The second-order valence-corrected chi connectivity index (χ2v) is 7.37. The van der Waals surface area contributed by atoms with Crippen molar-refractivity contribution in [2.24, 2.45) is 0 Å². The van der Waals surface area contributed by atoms with Crippen LogP contribution in [-0.2, 0) is 16.0 Å². The van der Waals surface area contributed by atoms with Gasteiger partial charge in [-0.15, -0.1) is 0 Å². The third-order valence-electron chi connectivity index (χ3n) is 5.01. The Bertz CT molecular complexity index is 1250. The van der Waals surface area contributed by atoms with E-state index in [1.54, 1.807) is 0 Å². The summed E-state index contributed by atoms with van der Waals surface area (Å²) in [5, 5.41) is 20.9. The average Bonchev–Trinajstić information content (AvgIpc) is 2.97. The molecular formula is C22H19F3N2O5. The van der Waals surface area contributed by atoms with E-state index in [0.717, 1.165) is 22.8 Å². The van der Waals surface area contributed by atoms with E-state index in [0.29, 0.717) is 6.07 Å². The van der Waals surface area contributed by atoms with Gasteiger partial charge in [0.15, 0.2) is 23.2 Å². The van der Waals surface area contributed by atoms with E-state index in [4.69, 9.17) is 5.11 Å². The third kappa shape index (κ3) is 4.29. The van der Waals surface area contributed by atoms with Crippen LogP contribution in [0, 0.1) is 24.4 Å². The number of halogens is 3. The molecule has 168 valence electrons. The minimum Gasteiger partial charge on any atom is -0.505 e. The topological polar surface area (TPSA) is 109 Å². The van der Waals surface area contributed by atoms with E-state index in [-0.39, 0.29) is 34.1 Å². The highest BCUT2D eigenvalue weighted by Gasteiger charge is 2.26. The minimum atomic E-state index is -1.24. The molecule has 0 saturated carbocycles. The molecule has 0 bridgehead atoms. The monoisotopic (exact) mass is 448 g/mol. The molecular weight excluding hydrogens is 429 g/mol. The van der Waals surface area contributed by atoms with Crippen molar-refractivity contribution >= 4 is 28.7 Å². The Kier molecular flexibility index (Phi) is 6.24. The molecule has 0 fully saturated rings. The molecule has 1 atom stereocenters. The number of benzene rings is 2. The van der Waals surface area contributed by atoms with Crippen LogP contribution in [-0.4, -0.2) is 38.6 Å². The van der Waals surface area contributed by atoms with Gasteiger partial charge in [-0.1, -0.05) is 0 Å². The molecule has 1 unspecified atom stereocenters. The first kappa shape index (κ1) is 22.9. The Morgan fingerprint density at radius 2 is 1.78 bits per heavy atom. The quantitative estimate of drug-likeness (QED) is 0.536. The lowest BCUT2D eigenvalue weighted by molar-refractivity contribution is -0.137. The predicted octanol–water partition coefficient (Wildman–Crippen LogP) is 3.28. The number of carboxylic acid groups (broad SMARTS) is 1. The van der Waals surface area contributed by atoms with Gasteiger partial charge in [-0.05, 0) is 49.7 Å². The van der Waals surface area contributed by atoms with Gasteiger partial charge in [0.2, 0.25) is 5.91 Å². The molecule has 3 aromatic rings. The standard InChI is InChI=1S/C22H19F3N2O5/c1-10(7-19(30)31)26-18(29)9-13-11(2)27(16-5-6-17(28)21(25)20(13)16)22(32)12-3-4-14(23)15(24)8-12/h3-6,8,10,28H,7,9H2,1-2H3,(H,26,29)(H,30,31). The van der Waals surface area contributed by atoms with Crippen molar-refractivity contribution in [3.8, 4) is 5.75 Å². The summed E-state index contributed by atoms with van der Waals surface area (Å²) >= 11 is 0. The number of fused-ring (bicyclic) bond motifs is 1. The van der Waals surface area contributed by atoms with Crippen LogP contribution in [0.2, 0.25) is 0 Å². The molecule has 3 rings (SSSR count). The molecule has 2 aromatic carbocycles. The number of aliphatic carboxylic acids is 1. The van der Waals surface area contributed by atoms with Crippen molar-refractivity contribution < 1.29 is 37.8 Å². The highest BCUT2D eigenvalue weighted by molar-refractivity contribution is 6.05. The summed E-state index contributed by atoms with van der Waals surface area (Å²) < 4.78 is 42.8. The molecule has 1 heterocycles. The van der Waals surface area contributed by atoms with E-state index >= 15 is 0 Å². The van der Waals surface area contributed by atoms with Crippen molar-refractivity contribution in [2.75, 3.05) is 0 Å². The highest BCUT2D eigenvalue weighted by atomic mass is 19.2. The second kappa shape index (κ2) is 8.74. The van der Waals surface area contributed by atoms with Gasteiger partial charge in [0.25, 0.3) is 5.91 Å². The summed E-state index contributed by atoms with van der Waals surface area (Å²) in [4.78, 5) is 36.3. The number of carbonyl (C=O) groups excluding carboxylic acids is 2. The maximum absolute atomic E-state index is 14.8. The van der Waals surface area contributed by atoms with Gasteiger partial charge in [-0.3, -0.25) is 19.0 Å². The zero-order valence-corrected chi connectivity index (χ0v) is 17.1. The van der Waals surface area contributed by atoms with Crippen molar-refractivity contribution in [3.63, 3.8) is 0 Å². The Morgan fingerprint density at radius 1 is 1.09 bits per heavy atom. The van der Waals surface area contributed by atoms with Gasteiger partial charge in [-0.25, -0.2) is 13.2 Å². The van der Waals surface area contributed by atoms with E-state index in [2.05, 4.69) is 5.32 Å². The Hall–Kier alpha value is -3.82. The molecule has 10 heteroatoms. The lowest BCUT2D eigenvalue weighted by Crippen LogP contribution is -2.35. The van der Waals surface area contributed by atoms with Crippen molar-refractivity contribution in [1.29, 1.82) is 0 Å². The molecule has 0 saturated heterocycles. The number of nitrogens with zero attached hydrogens (tertiary/aromatic N) is 1. The first-order chi connectivity index (χ1) is 15.0. The largest absolute Gasteiger partial charge is 0.505 e. The Morgan fingerprint density at radius 3 is 2.41 bits per heavy atom. The molecule has 0 radical (unpaired) electrons. The fourth-order valence-corrected chi connectivity index (χ4v) is 3.56. The Labute approximate surface area is 180 Å². The van der Waals surface area contributed by atoms with Crippen LogP contribution in [0.5, 0.6) is 5.75 Å². The molecule has 0 aliphatic rings.